The normalized spacial score (nSPS) is 13.6. The van der Waals surface area contributed by atoms with Crippen LogP contribution in [-0.2, 0) is 14.3 Å². The molecule has 0 aromatic heterocycles. The van der Waals surface area contributed by atoms with Crippen molar-refractivity contribution < 1.29 is 24.2 Å². The molecule has 1 rings (SSSR count). The number of aliphatic hydroxyl groups is 1. The van der Waals surface area contributed by atoms with E-state index in [4.69, 9.17) is 4.74 Å². The molecule has 9 heteroatoms. The fourth-order valence-corrected chi connectivity index (χ4v) is 3.40. The first-order chi connectivity index (χ1) is 15.1. The zero-order valence-corrected chi connectivity index (χ0v) is 21.9. The molecule has 8 nitrogen and oxygen atoms in total. The Hall–Kier alpha value is -2.26. The average molecular weight is 482 g/mol. The molecule has 2 unspecified atom stereocenters. The van der Waals surface area contributed by atoms with Gasteiger partial charge in [-0.25, -0.2) is 4.79 Å². The van der Waals surface area contributed by atoms with Crippen LogP contribution < -0.4 is 10.6 Å². The van der Waals surface area contributed by atoms with E-state index in [-0.39, 0.29) is 24.8 Å². The zero-order chi connectivity index (χ0) is 25.6. The quantitative estimate of drug-likeness (QED) is 0.427. The Kier molecular flexibility index (Phi) is 10.2. The second-order valence-electron chi connectivity index (χ2n) is 10.1. The number of alkyl carbamates (subject to hydrolysis) is 1. The standard InChI is InChI=1S/C24H39N3O5S/c1-15-9-10-17(13-16(15)2)19(20(29)26-23(3,4)5)27(11-12-28)21(30)18(14-33)25-22(31)32-24(6,7)8/h9-10,13,18-19,28,33H,11-12,14H2,1-8H3,(H,25,31)(H,26,29). The van der Waals surface area contributed by atoms with Crippen LogP contribution >= 0.6 is 12.6 Å². The van der Waals surface area contributed by atoms with Crippen molar-refractivity contribution in [2.45, 2.75) is 78.6 Å². The highest BCUT2D eigenvalue weighted by atomic mass is 32.1. The number of aryl methyl sites for hydroxylation is 2. The molecule has 0 bridgehead atoms. The molecule has 0 aliphatic heterocycles. The van der Waals surface area contributed by atoms with Crippen molar-refractivity contribution in [3.63, 3.8) is 0 Å². The Morgan fingerprint density at radius 3 is 2.15 bits per heavy atom. The minimum atomic E-state index is -1.05. The maximum Gasteiger partial charge on any atom is 0.408 e. The summed E-state index contributed by atoms with van der Waals surface area (Å²) in [6, 6.07) is 3.48. The number of rotatable bonds is 8. The third-order valence-corrected chi connectivity index (χ3v) is 5.07. The van der Waals surface area contributed by atoms with Gasteiger partial charge in [-0.05, 0) is 72.1 Å². The van der Waals surface area contributed by atoms with E-state index in [1.165, 1.54) is 4.90 Å². The molecular weight excluding hydrogens is 442 g/mol. The van der Waals surface area contributed by atoms with Gasteiger partial charge >= 0.3 is 6.09 Å². The molecule has 186 valence electrons. The molecule has 1 aromatic rings. The van der Waals surface area contributed by atoms with Gasteiger partial charge in [-0.15, -0.1) is 0 Å². The smallest absolute Gasteiger partial charge is 0.408 e. The predicted octanol–water partition coefficient (Wildman–Crippen LogP) is 2.90. The Morgan fingerprint density at radius 2 is 1.70 bits per heavy atom. The molecule has 3 amide bonds. The maximum absolute atomic E-state index is 13.5. The van der Waals surface area contributed by atoms with Crippen LogP contribution in [0.3, 0.4) is 0 Å². The topological polar surface area (TPSA) is 108 Å². The lowest BCUT2D eigenvalue weighted by molar-refractivity contribution is -0.143. The summed E-state index contributed by atoms with van der Waals surface area (Å²) < 4.78 is 5.26. The molecule has 0 aliphatic carbocycles. The highest BCUT2D eigenvalue weighted by molar-refractivity contribution is 7.80. The van der Waals surface area contributed by atoms with Gasteiger partial charge in [-0.1, -0.05) is 18.2 Å². The number of aliphatic hydroxyl groups excluding tert-OH is 1. The number of ether oxygens (including phenoxy) is 1. The van der Waals surface area contributed by atoms with Crippen molar-refractivity contribution in [3.05, 3.63) is 34.9 Å². The van der Waals surface area contributed by atoms with Crippen molar-refractivity contribution in [1.82, 2.24) is 15.5 Å². The van der Waals surface area contributed by atoms with Crippen molar-refractivity contribution in [3.8, 4) is 0 Å². The second kappa shape index (κ2) is 11.7. The lowest BCUT2D eigenvalue weighted by Crippen LogP contribution is -2.55. The van der Waals surface area contributed by atoms with Gasteiger partial charge < -0.3 is 25.4 Å². The number of hydrogen-bond donors (Lipinski definition) is 4. The van der Waals surface area contributed by atoms with E-state index in [2.05, 4.69) is 23.3 Å². The molecule has 3 N–H and O–H groups in total. The number of thiol groups is 1. The molecule has 2 atom stereocenters. The van der Waals surface area contributed by atoms with Crippen molar-refractivity contribution in [2.75, 3.05) is 18.9 Å². The molecule has 0 saturated heterocycles. The minimum Gasteiger partial charge on any atom is -0.444 e. The van der Waals surface area contributed by atoms with Crippen molar-refractivity contribution >= 4 is 30.5 Å². The zero-order valence-electron chi connectivity index (χ0n) is 21.0. The van der Waals surface area contributed by atoms with Gasteiger partial charge in [0, 0.05) is 17.8 Å². The van der Waals surface area contributed by atoms with Crippen LogP contribution in [0.4, 0.5) is 4.79 Å². The number of carbonyl (C=O) groups is 3. The van der Waals surface area contributed by atoms with Gasteiger partial charge in [-0.2, -0.15) is 12.6 Å². The summed E-state index contributed by atoms with van der Waals surface area (Å²) in [5, 5.41) is 15.2. The highest BCUT2D eigenvalue weighted by Crippen LogP contribution is 2.25. The Balaban J connectivity index is 3.40. The summed E-state index contributed by atoms with van der Waals surface area (Å²) in [4.78, 5) is 40.5. The van der Waals surface area contributed by atoms with Crippen LogP contribution in [0.1, 0.15) is 64.3 Å². The fourth-order valence-electron chi connectivity index (χ4n) is 3.16. The molecule has 0 fully saturated rings. The average Bonchev–Trinajstić information content (AvgIpc) is 2.65. The van der Waals surface area contributed by atoms with Gasteiger partial charge in [0.2, 0.25) is 11.8 Å². The van der Waals surface area contributed by atoms with E-state index < -0.39 is 35.2 Å². The summed E-state index contributed by atoms with van der Waals surface area (Å²) in [6.07, 6.45) is -0.763. The lowest BCUT2D eigenvalue weighted by Gasteiger charge is -2.35. The maximum atomic E-state index is 13.5. The summed E-state index contributed by atoms with van der Waals surface area (Å²) in [5.41, 5.74) is 1.34. The van der Waals surface area contributed by atoms with Gasteiger partial charge in [-0.3, -0.25) is 9.59 Å². The predicted molar refractivity (Wildman–Crippen MR) is 132 cm³/mol. The summed E-state index contributed by atoms with van der Waals surface area (Å²) >= 11 is 4.23. The molecule has 0 heterocycles. The van der Waals surface area contributed by atoms with E-state index in [0.29, 0.717) is 5.56 Å². The lowest BCUT2D eigenvalue weighted by atomic mass is 9.97. The number of benzene rings is 1. The first-order valence-electron chi connectivity index (χ1n) is 11.0. The third kappa shape index (κ3) is 9.25. The molecule has 0 saturated carbocycles. The first kappa shape index (κ1) is 28.8. The number of nitrogens with zero attached hydrogens (tertiary/aromatic N) is 1. The van der Waals surface area contributed by atoms with Crippen LogP contribution in [0.15, 0.2) is 18.2 Å². The van der Waals surface area contributed by atoms with Crippen LogP contribution in [0.25, 0.3) is 0 Å². The van der Waals surface area contributed by atoms with E-state index in [9.17, 15) is 19.5 Å². The number of carbonyl (C=O) groups excluding carboxylic acids is 3. The van der Waals surface area contributed by atoms with Crippen molar-refractivity contribution in [2.24, 2.45) is 0 Å². The first-order valence-corrected chi connectivity index (χ1v) is 11.6. The summed E-state index contributed by atoms with van der Waals surface area (Å²) in [5.74, 6) is -0.944. The molecular formula is C24H39N3O5S. The van der Waals surface area contributed by atoms with Gasteiger partial charge in [0.25, 0.3) is 0 Å². The van der Waals surface area contributed by atoms with E-state index in [1.807, 2.05) is 46.8 Å². The van der Waals surface area contributed by atoms with E-state index >= 15 is 0 Å². The summed E-state index contributed by atoms with van der Waals surface area (Å²) in [7, 11) is 0. The van der Waals surface area contributed by atoms with Crippen LogP contribution in [-0.4, -0.2) is 64.0 Å². The number of hydrogen-bond acceptors (Lipinski definition) is 6. The van der Waals surface area contributed by atoms with E-state index in [0.717, 1.165) is 11.1 Å². The minimum absolute atomic E-state index is 0.0134. The van der Waals surface area contributed by atoms with E-state index in [1.54, 1.807) is 26.8 Å². The highest BCUT2D eigenvalue weighted by Gasteiger charge is 2.36. The Morgan fingerprint density at radius 1 is 1.09 bits per heavy atom. The summed E-state index contributed by atoms with van der Waals surface area (Å²) in [6.45, 7) is 14.1. The third-order valence-electron chi connectivity index (χ3n) is 4.70. The van der Waals surface area contributed by atoms with Gasteiger partial charge in [0.1, 0.15) is 17.7 Å². The monoisotopic (exact) mass is 481 g/mol. The molecule has 0 radical (unpaired) electrons. The van der Waals surface area contributed by atoms with Crippen molar-refractivity contribution in [1.29, 1.82) is 0 Å². The number of nitrogens with one attached hydrogen (secondary N) is 2. The largest absolute Gasteiger partial charge is 0.444 e. The van der Waals surface area contributed by atoms with Gasteiger partial charge in [0.05, 0.1) is 6.61 Å². The van der Waals surface area contributed by atoms with Crippen LogP contribution in [0.5, 0.6) is 0 Å². The molecule has 0 spiro atoms. The van der Waals surface area contributed by atoms with Crippen LogP contribution in [0, 0.1) is 13.8 Å². The molecule has 33 heavy (non-hydrogen) atoms. The molecule has 1 aromatic carbocycles. The second-order valence-corrected chi connectivity index (χ2v) is 10.5. The Labute approximate surface area is 202 Å². The van der Waals surface area contributed by atoms with Gasteiger partial charge in [0.15, 0.2) is 0 Å². The number of amides is 3. The van der Waals surface area contributed by atoms with Crippen LogP contribution in [0.2, 0.25) is 0 Å². The molecule has 0 aliphatic rings. The fraction of sp³-hybridized carbons (Fsp3) is 0.625. The SMILES string of the molecule is Cc1ccc(C(C(=O)NC(C)(C)C)N(CCO)C(=O)C(CS)NC(=O)OC(C)(C)C)cc1C. The Bertz CT molecular complexity index is 845.